The third-order valence-corrected chi connectivity index (χ3v) is 3.28. The standard InChI is InChI=1S/C17H15N3O/c1-20-15(17(21)19-14-10-6-3-7-11-14)12-18-16(20)13-8-4-2-5-9-13/h2-12H,1H3,(H,19,21). The second-order valence-electron chi connectivity index (χ2n) is 4.71. The third kappa shape index (κ3) is 2.69. The molecule has 0 spiro atoms. The molecule has 0 atom stereocenters. The maximum atomic E-state index is 12.3. The fraction of sp³-hybridized carbons (Fsp3) is 0.0588. The van der Waals surface area contributed by atoms with E-state index in [1.54, 1.807) is 10.8 Å². The van der Waals surface area contributed by atoms with E-state index in [9.17, 15) is 4.79 Å². The highest BCUT2D eigenvalue weighted by Gasteiger charge is 2.14. The number of rotatable bonds is 3. The molecular formula is C17H15N3O. The predicted octanol–water partition coefficient (Wildman–Crippen LogP) is 3.34. The van der Waals surface area contributed by atoms with Crippen molar-refractivity contribution in [2.45, 2.75) is 0 Å². The van der Waals surface area contributed by atoms with Crippen LogP contribution in [-0.2, 0) is 7.05 Å². The zero-order valence-electron chi connectivity index (χ0n) is 11.7. The molecule has 0 unspecified atom stereocenters. The van der Waals surface area contributed by atoms with Crippen LogP contribution in [0.4, 0.5) is 5.69 Å². The van der Waals surface area contributed by atoms with E-state index < -0.39 is 0 Å². The molecule has 3 rings (SSSR count). The van der Waals surface area contributed by atoms with Crippen molar-refractivity contribution in [2.75, 3.05) is 5.32 Å². The van der Waals surface area contributed by atoms with Crippen molar-refractivity contribution >= 4 is 11.6 Å². The van der Waals surface area contributed by atoms with Crippen LogP contribution in [-0.4, -0.2) is 15.5 Å². The molecule has 1 aromatic heterocycles. The smallest absolute Gasteiger partial charge is 0.273 e. The van der Waals surface area contributed by atoms with Crippen LogP contribution in [0.3, 0.4) is 0 Å². The van der Waals surface area contributed by atoms with E-state index in [0.717, 1.165) is 17.1 Å². The summed E-state index contributed by atoms with van der Waals surface area (Å²) in [6.07, 6.45) is 1.60. The van der Waals surface area contributed by atoms with Gasteiger partial charge < -0.3 is 9.88 Å². The molecule has 104 valence electrons. The minimum atomic E-state index is -0.168. The molecule has 0 aliphatic rings. The van der Waals surface area contributed by atoms with Crippen LogP contribution in [0, 0.1) is 0 Å². The number of hydrogen-bond donors (Lipinski definition) is 1. The van der Waals surface area contributed by atoms with Crippen LogP contribution >= 0.6 is 0 Å². The molecule has 3 aromatic rings. The molecule has 0 saturated carbocycles. The van der Waals surface area contributed by atoms with E-state index >= 15 is 0 Å². The number of nitrogens with zero attached hydrogens (tertiary/aromatic N) is 2. The SMILES string of the molecule is Cn1c(C(=O)Nc2ccccc2)cnc1-c1ccccc1. The van der Waals surface area contributed by atoms with Crippen LogP contribution in [0.1, 0.15) is 10.5 Å². The van der Waals surface area contributed by atoms with Crippen molar-refractivity contribution < 1.29 is 4.79 Å². The Kier molecular flexibility index (Phi) is 3.51. The largest absolute Gasteiger partial charge is 0.323 e. The van der Waals surface area contributed by atoms with Gasteiger partial charge in [-0.1, -0.05) is 48.5 Å². The number of carbonyl (C=O) groups is 1. The molecule has 1 amide bonds. The number of benzene rings is 2. The Bertz CT molecular complexity index is 748. The highest BCUT2D eigenvalue weighted by atomic mass is 16.2. The first-order valence-electron chi connectivity index (χ1n) is 6.69. The summed E-state index contributed by atoms with van der Waals surface area (Å²) in [5.74, 6) is 0.604. The van der Waals surface area contributed by atoms with E-state index in [1.165, 1.54) is 0 Å². The molecule has 0 aliphatic heterocycles. The molecule has 1 heterocycles. The number of aromatic nitrogens is 2. The zero-order chi connectivity index (χ0) is 14.7. The average Bonchev–Trinajstić information content (AvgIpc) is 2.91. The summed E-state index contributed by atoms with van der Waals surface area (Å²) >= 11 is 0. The van der Waals surface area contributed by atoms with Gasteiger partial charge in [-0.05, 0) is 12.1 Å². The Morgan fingerprint density at radius 1 is 1.00 bits per heavy atom. The number of carbonyl (C=O) groups excluding carboxylic acids is 1. The van der Waals surface area contributed by atoms with Crippen molar-refractivity contribution in [2.24, 2.45) is 7.05 Å². The molecule has 21 heavy (non-hydrogen) atoms. The van der Waals surface area contributed by atoms with Gasteiger partial charge in [-0.15, -0.1) is 0 Å². The third-order valence-electron chi connectivity index (χ3n) is 3.28. The van der Waals surface area contributed by atoms with Gasteiger partial charge >= 0.3 is 0 Å². The van der Waals surface area contributed by atoms with Gasteiger partial charge in [0.25, 0.3) is 5.91 Å². The summed E-state index contributed by atoms with van der Waals surface area (Å²) in [7, 11) is 1.84. The second kappa shape index (κ2) is 5.63. The Morgan fingerprint density at radius 3 is 2.29 bits per heavy atom. The van der Waals surface area contributed by atoms with Crippen molar-refractivity contribution in [3.63, 3.8) is 0 Å². The monoisotopic (exact) mass is 277 g/mol. The van der Waals surface area contributed by atoms with Crippen LogP contribution in [0.15, 0.2) is 66.9 Å². The maximum absolute atomic E-state index is 12.3. The Hall–Kier alpha value is -2.88. The van der Waals surface area contributed by atoms with Crippen molar-refractivity contribution in [1.82, 2.24) is 9.55 Å². The van der Waals surface area contributed by atoms with Crippen molar-refractivity contribution in [3.8, 4) is 11.4 Å². The van der Waals surface area contributed by atoms with Gasteiger partial charge in [-0.3, -0.25) is 4.79 Å². The molecule has 0 saturated heterocycles. The molecule has 0 fully saturated rings. The fourth-order valence-corrected chi connectivity index (χ4v) is 2.19. The minimum Gasteiger partial charge on any atom is -0.323 e. The average molecular weight is 277 g/mol. The van der Waals surface area contributed by atoms with E-state index in [-0.39, 0.29) is 5.91 Å². The molecule has 0 radical (unpaired) electrons. The lowest BCUT2D eigenvalue weighted by molar-refractivity contribution is 0.101. The number of nitrogens with one attached hydrogen (secondary N) is 1. The van der Waals surface area contributed by atoms with Gasteiger partial charge in [0.2, 0.25) is 0 Å². The first kappa shape index (κ1) is 13.1. The Balaban J connectivity index is 1.87. The number of amides is 1. The topological polar surface area (TPSA) is 46.9 Å². The van der Waals surface area contributed by atoms with E-state index in [2.05, 4.69) is 10.3 Å². The van der Waals surface area contributed by atoms with E-state index in [1.807, 2.05) is 67.7 Å². The number of imidazole rings is 1. The maximum Gasteiger partial charge on any atom is 0.273 e. The van der Waals surface area contributed by atoms with Crippen LogP contribution in [0.5, 0.6) is 0 Å². The van der Waals surface area contributed by atoms with Crippen LogP contribution < -0.4 is 5.32 Å². The van der Waals surface area contributed by atoms with Gasteiger partial charge in [0.05, 0.1) is 6.20 Å². The fourth-order valence-electron chi connectivity index (χ4n) is 2.19. The summed E-state index contributed by atoms with van der Waals surface area (Å²) in [6, 6.07) is 19.2. The van der Waals surface area contributed by atoms with Crippen LogP contribution in [0.2, 0.25) is 0 Å². The van der Waals surface area contributed by atoms with Gasteiger partial charge in [0.1, 0.15) is 11.5 Å². The normalized spacial score (nSPS) is 10.3. The quantitative estimate of drug-likeness (QED) is 0.798. The highest BCUT2D eigenvalue weighted by molar-refractivity contribution is 6.03. The first-order valence-corrected chi connectivity index (χ1v) is 6.69. The summed E-state index contributed by atoms with van der Waals surface area (Å²) in [4.78, 5) is 16.7. The molecule has 4 heteroatoms. The highest BCUT2D eigenvalue weighted by Crippen LogP contribution is 2.18. The van der Waals surface area contributed by atoms with Gasteiger partial charge in [0.15, 0.2) is 0 Å². The lowest BCUT2D eigenvalue weighted by Gasteiger charge is -2.07. The summed E-state index contributed by atoms with van der Waals surface area (Å²) < 4.78 is 1.80. The summed E-state index contributed by atoms with van der Waals surface area (Å²) in [6.45, 7) is 0. The zero-order valence-corrected chi connectivity index (χ0v) is 11.7. The lowest BCUT2D eigenvalue weighted by atomic mass is 10.2. The van der Waals surface area contributed by atoms with Gasteiger partial charge in [-0.2, -0.15) is 0 Å². The molecular weight excluding hydrogens is 262 g/mol. The van der Waals surface area contributed by atoms with Crippen molar-refractivity contribution in [3.05, 3.63) is 72.6 Å². The van der Waals surface area contributed by atoms with Crippen molar-refractivity contribution in [1.29, 1.82) is 0 Å². The number of anilines is 1. The predicted molar refractivity (Wildman–Crippen MR) is 83.0 cm³/mol. The summed E-state index contributed by atoms with van der Waals surface area (Å²) in [5, 5.41) is 2.86. The minimum absolute atomic E-state index is 0.168. The van der Waals surface area contributed by atoms with Gasteiger partial charge in [-0.25, -0.2) is 4.98 Å². The Labute approximate surface area is 123 Å². The molecule has 0 bridgehead atoms. The second-order valence-corrected chi connectivity index (χ2v) is 4.71. The van der Waals surface area contributed by atoms with E-state index in [0.29, 0.717) is 5.69 Å². The number of hydrogen-bond acceptors (Lipinski definition) is 2. The molecule has 4 nitrogen and oxygen atoms in total. The molecule has 0 aliphatic carbocycles. The van der Waals surface area contributed by atoms with E-state index in [4.69, 9.17) is 0 Å². The lowest BCUT2D eigenvalue weighted by Crippen LogP contribution is -2.15. The number of para-hydroxylation sites is 1. The summed E-state index contributed by atoms with van der Waals surface area (Å²) in [5.41, 5.74) is 2.28. The molecule has 2 aromatic carbocycles. The van der Waals surface area contributed by atoms with Crippen LogP contribution in [0.25, 0.3) is 11.4 Å². The van der Waals surface area contributed by atoms with Gasteiger partial charge in [0, 0.05) is 18.3 Å². The Morgan fingerprint density at radius 2 is 1.62 bits per heavy atom. The molecule has 1 N–H and O–H groups in total. The first-order chi connectivity index (χ1) is 10.3.